The molecule has 0 atom stereocenters. The third-order valence-corrected chi connectivity index (χ3v) is 8.48. The summed E-state index contributed by atoms with van der Waals surface area (Å²) in [6.45, 7) is 0. The summed E-state index contributed by atoms with van der Waals surface area (Å²) in [6, 6.07) is 10.3. The maximum atomic E-state index is 10.1. The Kier molecular flexibility index (Phi) is 3.49. The van der Waals surface area contributed by atoms with E-state index in [-0.39, 0.29) is 33.0 Å². The van der Waals surface area contributed by atoms with E-state index in [1.165, 1.54) is 0 Å². The van der Waals surface area contributed by atoms with E-state index in [9.17, 15) is 11.0 Å². The molecule has 3 heteroatoms. The highest BCUT2D eigenvalue weighted by atomic mass is 16.3. The minimum absolute atomic E-state index is 0.180. The van der Waals surface area contributed by atoms with Crippen molar-refractivity contribution < 1.29 is 27.7 Å². The summed E-state index contributed by atoms with van der Waals surface area (Å²) in [5, 5.41) is -0.105. The van der Waals surface area contributed by atoms with Crippen molar-refractivity contribution in [2.24, 2.45) is 0 Å². The average molecular weight is 644 g/mol. The van der Waals surface area contributed by atoms with E-state index in [2.05, 4.69) is 0 Å². The first-order chi connectivity index (χ1) is 31.4. The molecular weight excluding hydrogens is 597 g/mol. The lowest BCUT2D eigenvalue weighted by atomic mass is 10.0. The van der Waals surface area contributed by atoms with E-state index >= 15 is 0 Å². The van der Waals surface area contributed by atoms with Gasteiger partial charge in [-0.1, -0.05) is 121 Å². The summed E-state index contributed by atoms with van der Waals surface area (Å²) in [6.07, 6.45) is 0. The molecule has 10 aromatic rings. The summed E-state index contributed by atoms with van der Waals surface area (Å²) < 4.78 is 164. The Bertz CT molecular complexity index is 3760. The quantitative estimate of drug-likeness (QED) is 0.186. The number of hydrogen-bond donors (Lipinski definition) is 0. The van der Waals surface area contributed by atoms with Crippen LogP contribution in [0.1, 0.15) is 23.3 Å². The maximum absolute atomic E-state index is 10.1. The normalized spacial score (nSPS) is 16.5. The zero-order chi connectivity index (χ0) is 47.1. The molecule has 230 valence electrons. The van der Waals surface area contributed by atoms with Crippen molar-refractivity contribution in [3.8, 4) is 16.8 Å². The van der Waals surface area contributed by atoms with Crippen LogP contribution in [-0.2, 0) is 0 Å². The smallest absolute Gasteiger partial charge is 0.143 e. The van der Waals surface area contributed by atoms with Crippen molar-refractivity contribution >= 4 is 71.6 Å². The molecule has 0 aliphatic carbocycles. The third-order valence-electron chi connectivity index (χ3n) is 8.48. The molecule has 49 heavy (non-hydrogen) atoms. The van der Waals surface area contributed by atoms with Crippen molar-refractivity contribution in [2.75, 3.05) is 4.90 Å². The predicted molar refractivity (Wildman–Crippen MR) is 206 cm³/mol. The number of benzene rings is 8. The van der Waals surface area contributed by atoms with Gasteiger partial charge in [0.2, 0.25) is 0 Å². The molecule has 0 radical (unpaired) electrons. The Labute approximate surface area is 307 Å². The van der Waals surface area contributed by atoms with E-state index in [0.717, 1.165) is 15.7 Å². The highest BCUT2D eigenvalue weighted by Crippen LogP contribution is 2.45. The van der Waals surface area contributed by atoms with E-state index in [1.807, 2.05) is 24.3 Å². The predicted octanol–water partition coefficient (Wildman–Crippen LogP) is 13.0. The molecule has 2 aromatic heterocycles. The molecule has 0 aliphatic heterocycles. The standard InChI is InChI=1S/C46H30N2O/c1-2-13-31(14-3-1)33-16-10-17-34(29-33)47(43-25-12-26-44-45(43)40-28-27-32-15-4-5-20-37(32)46(40)49-44)35-18-11-19-36(30-35)48-41-23-8-6-21-38(41)39-22-7-9-24-42(39)48/h1-30H/i4D,5D,10D,11D,12D,15D,16D,17D,18D,19D,20D,25D,26D,27D,28D,29D,30D. The highest BCUT2D eigenvalue weighted by Gasteiger charge is 2.22. The van der Waals surface area contributed by atoms with Gasteiger partial charge in [0.15, 0.2) is 0 Å². The molecule has 3 nitrogen and oxygen atoms in total. The number of fused-ring (bicyclic) bond motifs is 8. The lowest BCUT2D eigenvalue weighted by Gasteiger charge is -2.27. The minimum atomic E-state index is -0.851. The number of rotatable bonds is 5. The van der Waals surface area contributed by atoms with E-state index < -0.39 is 136 Å². The summed E-state index contributed by atoms with van der Waals surface area (Å²) in [7, 11) is 0. The molecule has 10 rings (SSSR count). The van der Waals surface area contributed by atoms with Gasteiger partial charge in [0.25, 0.3) is 0 Å². The fourth-order valence-electron chi connectivity index (χ4n) is 6.36. The van der Waals surface area contributed by atoms with Gasteiger partial charge in [0.1, 0.15) is 11.2 Å². The molecule has 0 bridgehead atoms. The molecule has 0 spiro atoms. The Morgan fingerprint density at radius 2 is 1.20 bits per heavy atom. The third kappa shape index (κ3) is 4.37. The number of anilines is 3. The molecular formula is C46H30N2O. The first-order valence-corrected chi connectivity index (χ1v) is 15.3. The molecule has 2 heterocycles. The average Bonchev–Trinajstić information content (AvgIpc) is 3.86. The zero-order valence-corrected chi connectivity index (χ0v) is 25.3. The van der Waals surface area contributed by atoms with Crippen LogP contribution >= 0.6 is 0 Å². The van der Waals surface area contributed by atoms with Crippen molar-refractivity contribution in [2.45, 2.75) is 0 Å². The Morgan fingerprint density at radius 1 is 0.510 bits per heavy atom. The lowest BCUT2D eigenvalue weighted by Crippen LogP contribution is -2.11. The SMILES string of the molecule is [2H]c1c([2H])c(-c2ccccc2)c([2H])c(N(c2c([2H])c([2H])c([2H])c(-n3c4ccccc4c4ccccc43)c2[2H])c2c([2H])c([2H])c([2H])c3oc4c5c([2H])c([2H])c([2H])c([2H])c5c([2H])c([2H])c4c23)c1[2H]. The van der Waals surface area contributed by atoms with Crippen LogP contribution in [0, 0.1) is 0 Å². The van der Waals surface area contributed by atoms with Gasteiger partial charge in [-0.3, -0.25) is 0 Å². The van der Waals surface area contributed by atoms with Gasteiger partial charge in [0.05, 0.1) is 45.4 Å². The molecule has 0 unspecified atom stereocenters. The van der Waals surface area contributed by atoms with Crippen LogP contribution in [0.25, 0.3) is 71.3 Å². The zero-order valence-electron chi connectivity index (χ0n) is 42.3. The second-order valence-electron chi connectivity index (χ2n) is 11.2. The monoisotopic (exact) mass is 643 g/mol. The molecule has 8 aromatic carbocycles. The van der Waals surface area contributed by atoms with E-state index in [0.29, 0.717) is 11.0 Å². The fraction of sp³-hybridized carbons (Fsp3) is 0. The second-order valence-corrected chi connectivity index (χ2v) is 11.2. The van der Waals surface area contributed by atoms with Crippen LogP contribution in [0.3, 0.4) is 0 Å². The lowest BCUT2D eigenvalue weighted by molar-refractivity contribution is 0.672. The van der Waals surface area contributed by atoms with Crippen LogP contribution in [0.15, 0.2) is 186 Å². The topological polar surface area (TPSA) is 21.3 Å². The number of furan rings is 1. The van der Waals surface area contributed by atoms with Gasteiger partial charge >= 0.3 is 0 Å². The number of nitrogens with zero attached hydrogens (tertiary/aromatic N) is 2. The van der Waals surface area contributed by atoms with Crippen LogP contribution in [0.2, 0.25) is 0 Å². The largest absolute Gasteiger partial charge is 0.455 e. The van der Waals surface area contributed by atoms with Gasteiger partial charge in [0, 0.05) is 38.6 Å². The van der Waals surface area contributed by atoms with Crippen LogP contribution in [0.5, 0.6) is 0 Å². The van der Waals surface area contributed by atoms with Crippen molar-refractivity contribution in [1.29, 1.82) is 0 Å². The number of aromatic nitrogens is 1. The summed E-state index contributed by atoms with van der Waals surface area (Å²) in [4.78, 5) is 0.874. The van der Waals surface area contributed by atoms with Crippen molar-refractivity contribution in [1.82, 2.24) is 4.57 Å². The van der Waals surface area contributed by atoms with Gasteiger partial charge in [-0.2, -0.15) is 0 Å². The number of hydrogen-bond acceptors (Lipinski definition) is 2. The Morgan fingerprint density at radius 3 is 2.02 bits per heavy atom. The second kappa shape index (κ2) is 11.0. The van der Waals surface area contributed by atoms with E-state index in [4.69, 9.17) is 16.8 Å². The van der Waals surface area contributed by atoms with E-state index in [1.54, 1.807) is 59.2 Å². The van der Waals surface area contributed by atoms with Gasteiger partial charge in [-0.15, -0.1) is 0 Å². The molecule has 0 N–H and O–H groups in total. The van der Waals surface area contributed by atoms with Crippen molar-refractivity contribution in [3.05, 3.63) is 182 Å². The maximum Gasteiger partial charge on any atom is 0.143 e. The van der Waals surface area contributed by atoms with Crippen LogP contribution < -0.4 is 4.90 Å². The van der Waals surface area contributed by atoms with Gasteiger partial charge in [-0.05, 0) is 77.0 Å². The number of para-hydroxylation sites is 2. The van der Waals surface area contributed by atoms with Crippen molar-refractivity contribution in [3.63, 3.8) is 0 Å². The fourth-order valence-corrected chi connectivity index (χ4v) is 6.36. The molecule has 0 amide bonds. The van der Waals surface area contributed by atoms with Crippen LogP contribution in [-0.4, -0.2) is 4.57 Å². The van der Waals surface area contributed by atoms with Crippen LogP contribution in [0.4, 0.5) is 17.1 Å². The Balaban J connectivity index is 1.47. The first kappa shape index (κ1) is 15.5. The van der Waals surface area contributed by atoms with Gasteiger partial charge < -0.3 is 13.9 Å². The first-order valence-electron chi connectivity index (χ1n) is 23.8. The molecule has 0 saturated carbocycles. The van der Waals surface area contributed by atoms with Gasteiger partial charge in [-0.25, -0.2) is 0 Å². The molecule has 0 aliphatic rings. The summed E-state index contributed by atoms with van der Waals surface area (Å²) >= 11 is 0. The summed E-state index contributed by atoms with van der Waals surface area (Å²) in [5.74, 6) is 0. The molecule has 0 saturated heterocycles. The Hall–Kier alpha value is -6.58. The minimum Gasteiger partial charge on any atom is -0.455 e. The summed E-state index contributed by atoms with van der Waals surface area (Å²) in [5.41, 5.74) is -1.97. The highest BCUT2D eigenvalue weighted by molar-refractivity contribution is 6.19. The molecule has 0 fully saturated rings.